The minimum absolute atomic E-state index is 0.423. The van der Waals surface area contributed by atoms with Crippen LogP contribution < -0.4 is 15.4 Å². The molecule has 5 nitrogen and oxygen atoms in total. The maximum atomic E-state index is 5.96. The topological polar surface area (TPSA) is 51.1 Å². The lowest BCUT2D eigenvalue weighted by atomic mass is 10.3. The lowest BCUT2D eigenvalue weighted by molar-refractivity contribution is 0.417. The summed E-state index contributed by atoms with van der Waals surface area (Å²) >= 11 is 11.2. The molecular formula is C13H15ClN4OS. The molecule has 2 rings (SSSR count). The van der Waals surface area contributed by atoms with Crippen molar-refractivity contribution in [3.63, 3.8) is 0 Å². The quantitative estimate of drug-likeness (QED) is 0.848. The molecule has 0 radical (unpaired) electrons. The van der Waals surface area contributed by atoms with Crippen molar-refractivity contribution in [1.82, 2.24) is 9.78 Å². The van der Waals surface area contributed by atoms with Crippen LogP contribution in [-0.4, -0.2) is 22.0 Å². The Labute approximate surface area is 127 Å². The third kappa shape index (κ3) is 3.61. The van der Waals surface area contributed by atoms with Gasteiger partial charge < -0.3 is 15.4 Å². The van der Waals surface area contributed by atoms with Crippen LogP contribution in [0.1, 0.15) is 6.92 Å². The lowest BCUT2D eigenvalue weighted by Gasteiger charge is -2.12. The number of anilines is 2. The van der Waals surface area contributed by atoms with Crippen LogP contribution in [0.5, 0.6) is 5.75 Å². The second kappa shape index (κ2) is 6.58. The van der Waals surface area contributed by atoms with E-state index in [4.69, 9.17) is 28.6 Å². The van der Waals surface area contributed by atoms with Crippen LogP contribution in [0.2, 0.25) is 5.02 Å². The number of aromatic nitrogens is 2. The number of ether oxygens (including phenoxy) is 1. The number of nitrogens with one attached hydrogen (secondary N) is 2. The summed E-state index contributed by atoms with van der Waals surface area (Å²) < 4.78 is 7.06. The van der Waals surface area contributed by atoms with Gasteiger partial charge in [0.25, 0.3) is 0 Å². The highest BCUT2D eigenvalue weighted by Crippen LogP contribution is 2.27. The van der Waals surface area contributed by atoms with Gasteiger partial charge in [0.15, 0.2) is 10.9 Å². The Balaban J connectivity index is 2.06. The van der Waals surface area contributed by atoms with Crippen molar-refractivity contribution in [2.45, 2.75) is 13.5 Å². The standard InChI is InChI=1S/C13H15ClN4OS/c1-3-18-7-6-12(17-18)16-13(20)15-10-8-9(14)4-5-11(10)19-2/h4-8H,3H2,1-2H3,(H2,15,16,17,20). The van der Waals surface area contributed by atoms with Gasteiger partial charge in [-0.3, -0.25) is 4.68 Å². The second-order valence-electron chi connectivity index (χ2n) is 3.98. The summed E-state index contributed by atoms with van der Waals surface area (Å²) in [6, 6.07) is 7.13. The zero-order chi connectivity index (χ0) is 14.5. The fourth-order valence-corrected chi connectivity index (χ4v) is 2.04. The van der Waals surface area contributed by atoms with E-state index < -0.39 is 0 Å². The van der Waals surface area contributed by atoms with Gasteiger partial charge in [-0.1, -0.05) is 11.6 Å². The van der Waals surface area contributed by atoms with Crippen molar-refractivity contribution in [2.75, 3.05) is 17.7 Å². The molecule has 1 aromatic carbocycles. The number of methoxy groups -OCH3 is 1. The molecule has 0 saturated heterocycles. The normalized spacial score (nSPS) is 10.2. The van der Waals surface area contributed by atoms with Crippen LogP contribution in [-0.2, 0) is 6.54 Å². The number of benzene rings is 1. The van der Waals surface area contributed by atoms with Crippen molar-refractivity contribution < 1.29 is 4.74 Å². The van der Waals surface area contributed by atoms with Crippen LogP contribution in [0.15, 0.2) is 30.5 Å². The number of halogens is 1. The molecule has 0 bridgehead atoms. The molecule has 0 aliphatic carbocycles. The Kier molecular flexibility index (Phi) is 4.81. The number of aryl methyl sites for hydroxylation is 1. The fourth-order valence-electron chi connectivity index (χ4n) is 1.65. The summed E-state index contributed by atoms with van der Waals surface area (Å²) in [6.45, 7) is 2.83. The van der Waals surface area contributed by atoms with Crippen molar-refractivity contribution in [3.8, 4) is 5.75 Å². The summed E-state index contributed by atoms with van der Waals surface area (Å²) in [5, 5.41) is 11.4. The van der Waals surface area contributed by atoms with E-state index in [-0.39, 0.29) is 0 Å². The molecule has 1 heterocycles. The molecule has 1 aromatic heterocycles. The fraction of sp³-hybridized carbons (Fsp3) is 0.231. The summed E-state index contributed by atoms with van der Waals surface area (Å²) in [4.78, 5) is 0. The average molecular weight is 311 g/mol. The van der Waals surface area contributed by atoms with Crippen molar-refractivity contribution in [1.29, 1.82) is 0 Å². The highest BCUT2D eigenvalue weighted by atomic mass is 35.5. The molecule has 2 N–H and O–H groups in total. The van der Waals surface area contributed by atoms with Crippen molar-refractivity contribution >= 4 is 40.4 Å². The van der Waals surface area contributed by atoms with E-state index in [1.165, 1.54) is 0 Å². The molecule has 106 valence electrons. The largest absolute Gasteiger partial charge is 0.495 e. The summed E-state index contributed by atoms with van der Waals surface area (Å²) in [6.07, 6.45) is 1.88. The summed E-state index contributed by atoms with van der Waals surface area (Å²) in [7, 11) is 1.59. The van der Waals surface area contributed by atoms with Gasteiger partial charge in [0.2, 0.25) is 0 Å². The first-order valence-corrected chi connectivity index (χ1v) is 6.86. The zero-order valence-electron chi connectivity index (χ0n) is 11.2. The number of nitrogens with zero attached hydrogens (tertiary/aromatic N) is 2. The van der Waals surface area contributed by atoms with Crippen molar-refractivity contribution in [3.05, 3.63) is 35.5 Å². The van der Waals surface area contributed by atoms with E-state index in [1.54, 1.807) is 25.3 Å². The Morgan fingerprint density at radius 1 is 1.40 bits per heavy atom. The molecule has 0 aliphatic heterocycles. The van der Waals surface area contributed by atoms with Crippen LogP contribution in [0, 0.1) is 0 Å². The monoisotopic (exact) mass is 310 g/mol. The molecule has 0 fully saturated rings. The SMILES string of the molecule is CCn1ccc(NC(=S)Nc2cc(Cl)ccc2OC)n1. The first-order valence-electron chi connectivity index (χ1n) is 6.07. The minimum atomic E-state index is 0.423. The highest BCUT2D eigenvalue weighted by Gasteiger charge is 2.07. The molecule has 2 aromatic rings. The van der Waals surface area contributed by atoms with Gasteiger partial charge in [-0.25, -0.2) is 0 Å². The number of hydrogen-bond donors (Lipinski definition) is 2. The molecular weight excluding hydrogens is 296 g/mol. The molecule has 20 heavy (non-hydrogen) atoms. The third-order valence-corrected chi connectivity index (χ3v) is 3.06. The molecule has 0 amide bonds. The van der Waals surface area contributed by atoms with Gasteiger partial charge >= 0.3 is 0 Å². The van der Waals surface area contributed by atoms with Gasteiger partial charge in [0.05, 0.1) is 12.8 Å². The average Bonchev–Trinajstić information content (AvgIpc) is 2.86. The molecule has 0 atom stereocenters. The smallest absolute Gasteiger partial charge is 0.176 e. The number of rotatable bonds is 4. The first kappa shape index (κ1) is 14.6. The molecule has 0 saturated carbocycles. The van der Waals surface area contributed by atoms with Gasteiger partial charge in [-0.15, -0.1) is 0 Å². The molecule has 0 spiro atoms. The maximum Gasteiger partial charge on any atom is 0.176 e. The molecule has 7 heteroatoms. The van der Waals surface area contributed by atoms with Gasteiger partial charge in [-0.2, -0.15) is 5.10 Å². The van der Waals surface area contributed by atoms with E-state index >= 15 is 0 Å². The second-order valence-corrected chi connectivity index (χ2v) is 4.83. The maximum absolute atomic E-state index is 5.96. The third-order valence-electron chi connectivity index (χ3n) is 2.62. The van der Waals surface area contributed by atoms with E-state index in [1.807, 2.05) is 23.9 Å². The molecule has 0 unspecified atom stereocenters. The number of hydrogen-bond acceptors (Lipinski definition) is 3. The predicted octanol–water partition coefficient (Wildman–Crippen LogP) is 3.37. The van der Waals surface area contributed by atoms with Crippen LogP contribution in [0.3, 0.4) is 0 Å². The van der Waals surface area contributed by atoms with Gasteiger partial charge in [-0.05, 0) is 37.3 Å². The molecule has 0 aliphatic rings. The highest BCUT2D eigenvalue weighted by molar-refractivity contribution is 7.80. The Morgan fingerprint density at radius 3 is 2.85 bits per heavy atom. The minimum Gasteiger partial charge on any atom is -0.495 e. The zero-order valence-corrected chi connectivity index (χ0v) is 12.8. The number of thiocarbonyl (C=S) groups is 1. The van der Waals surface area contributed by atoms with Crippen molar-refractivity contribution in [2.24, 2.45) is 0 Å². The van der Waals surface area contributed by atoms with Crippen LogP contribution in [0.4, 0.5) is 11.5 Å². The van der Waals surface area contributed by atoms with E-state index in [9.17, 15) is 0 Å². The van der Waals surface area contributed by atoms with Gasteiger partial charge in [0, 0.05) is 23.8 Å². The van der Waals surface area contributed by atoms with Crippen LogP contribution in [0.25, 0.3) is 0 Å². The Morgan fingerprint density at radius 2 is 2.20 bits per heavy atom. The van der Waals surface area contributed by atoms with E-state index in [0.717, 1.165) is 6.54 Å². The van der Waals surface area contributed by atoms with E-state index in [2.05, 4.69) is 15.7 Å². The summed E-state index contributed by atoms with van der Waals surface area (Å²) in [5.41, 5.74) is 0.701. The van der Waals surface area contributed by atoms with Crippen LogP contribution >= 0.6 is 23.8 Å². The lowest BCUT2D eigenvalue weighted by Crippen LogP contribution is -2.20. The Hall–Kier alpha value is -1.79. The first-order chi connectivity index (χ1) is 9.62. The Bertz CT molecular complexity index is 614. The summed E-state index contributed by atoms with van der Waals surface area (Å²) in [5.74, 6) is 1.35. The van der Waals surface area contributed by atoms with Gasteiger partial charge in [0.1, 0.15) is 5.75 Å². The van der Waals surface area contributed by atoms with E-state index in [0.29, 0.717) is 27.4 Å². The predicted molar refractivity (Wildman–Crippen MR) is 85.7 cm³/mol.